The Morgan fingerprint density at radius 1 is 0.635 bits per heavy atom. The smallest absolute Gasteiger partial charge is 0.744 e. The van der Waals surface area contributed by atoms with Crippen LogP contribution in [0, 0.1) is 6.92 Å². The summed E-state index contributed by atoms with van der Waals surface area (Å²) in [6.45, 7) is 5.16. The number of amides is 3. The van der Waals surface area contributed by atoms with E-state index in [4.69, 9.17) is 0 Å². The van der Waals surface area contributed by atoms with E-state index in [0.717, 1.165) is 45.4 Å². The van der Waals surface area contributed by atoms with Gasteiger partial charge in [-0.1, -0.05) is 42.5 Å². The molecule has 18 nitrogen and oxygen atoms in total. The molecule has 0 saturated heterocycles. The molecule has 0 fully saturated rings. The number of nitrogens with zero attached hydrogens (tertiary/aromatic N) is 9. The van der Waals surface area contributed by atoms with Gasteiger partial charge >= 0.3 is 59.1 Å². The second-order valence-electron chi connectivity index (χ2n) is 13.8. The molecule has 0 bridgehead atoms. The van der Waals surface area contributed by atoms with E-state index >= 15 is 0 Å². The molecule has 7 rings (SSSR count). The van der Waals surface area contributed by atoms with Crippen molar-refractivity contribution in [3.63, 3.8) is 0 Å². The zero-order valence-corrected chi connectivity index (χ0v) is 40.1. The fourth-order valence-electron chi connectivity index (χ4n) is 6.35. The average molecular weight is 906 g/mol. The van der Waals surface area contributed by atoms with Crippen molar-refractivity contribution in [2.45, 2.75) is 49.2 Å². The van der Waals surface area contributed by atoms with E-state index in [9.17, 15) is 40.3 Å². The minimum atomic E-state index is -4.68. The largest absolute Gasteiger partial charge is 1.00 e. The Morgan fingerprint density at radius 3 is 1.59 bits per heavy atom. The van der Waals surface area contributed by atoms with Crippen LogP contribution in [0.1, 0.15) is 35.3 Å². The molecule has 5 aromatic rings. The Bertz CT molecular complexity index is 2920. The molecule has 2 atom stereocenters. The predicted octanol–water partition coefficient (Wildman–Crippen LogP) is 0.408. The summed E-state index contributed by atoms with van der Waals surface area (Å²) in [6, 6.07) is 28.1. The Hall–Kier alpha value is -5.13. The molecule has 3 amide bonds. The maximum atomic E-state index is 14.5. The van der Waals surface area contributed by atoms with Crippen molar-refractivity contribution < 1.29 is 99.4 Å². The average Bonchev–Trinajstić information content (AvgIpc) is 3.69. The normalized spacial score (nSPS) is 16.5. The fourth-order valence-corrected chi connectivity index (χ4v) is 7.28. The predicted molar refractivity (Wildman–Crippen MR) is 221 cm³/mol. The summed E-state index contributed by atoms with van der Waals surface area (Å²) in [6.07, 6.45) is 0. The molecule has 2 heterocycles. The molecule has 0 aliphatic carbocycles. The molecular formula is C41H33N9Na2O9S2. The van der Waals surface area contributed by atoms with Crippen LogP contribution in [0.3, 0.4) is 0 Å². The van der Waals surface area contributed by atoms with Gasteiger partial charge in [0.2, 0.25) is 0 Å². The first kappa shape index (κ1) is 48.9. The van der Waals surface area contributed by atoms with Gasteiger partial charge in [0.25, 0.3) is 17.7 Å². The molecule has 310 valence electrons. The van der Waals surface area contributed by atoms with E-state index < -0.39 is 59.8 Å². The van der Waals surface area contributed by atoms with Gasteiger partial charge in [0, 0.05) is 11.3 Å². The summed E-state index contributed by atoms with van der Waals surface area (Å²) < 4.78 is 68.1. The molecule has 0 N–H and O–H groups in total. The first-order chi connectivity index (χ1) is 29.0. The van der Waals surface area contributed by atoms with E-state index in [1.165, 1.54) is 30.3 Å². The van der Waals surface area contributed by atoms with Gasteiger partial charge in [0.1, 0.15) is 20.2 Å². The molecule has 0 aromatic heterocycles. The number of hydrogen-bond acceptors (Lipinski definition) is 15. The van der Waals surface area contributed by atoms with Crippen LogP contribution < -0.4 is 74.0 Å². The molecule has 5 aromatic carbocycles. The number of carbonyl (C=O) groups excluding carboxylic acids is 3. The van der Waals surface area contributed by atoms with E-state index in [1.54, 1.807) is 55.1 Å². The maximum absolute atomic E-state index is 14.5. The Labute approximate surface area is 406 Å². The van der Waals surface area contributed by atoms with Crippen molar-refractivity contribution in [1.82, 2.24) is 0 Å². The second-order valence-corrected chi connectivity index (χ2v) is 16.6. The van der Waals surface area contributed by atoms with Crippen LogP contribution in [-0.2, 0) is 36.4 Å². The number of benzene rings is 5. The summed E-state index contributed by atoms with van der Waals surface area (Å²) in [7, 11) is -9.36. The van der Waals surface area contributed by atoms with Crippen molar-refractivity contribution in [2.75, 3.05) is 14.9 Å². The summed E-state index contributed by atoms with van der Waals surface area (Å²) in [4.78, 5) is 41.8. The van der Waals surface area contributed by atoms with Crippen LogP contribution >= 0.6 is 0 Å². The van der Waals surface area contributed by atoms with Crippen molar-refractivity contribution >= 4 is 77.8 Å². The number of rotatable bonds is 12. The van der Waals surface area contributed by atoms with Crippen LogP contribution in [0.15, 0.2) is 162 Å². The van der Waals surface area contributed by atoms with E-state index in [2.05, 4.69) is 30.7 Å². The number of aryl methyl sites for hydroxylation is 1. The van der Waals surface area contributed by atoms with Crippen LogP contribution in [0.2, 0.25) is 0 Å². The van der Waals surface area contributed by atoms with Crippen LogP contribution in [0.5, 0.6) is 0 Å². The van der Waals surface area contributed by atoms with Gasteiger partial charge in [0.15, 0.2) is 12.1 Å². The minimum Gasteiger partial charge on any atom is -0.744 e. The number of hydrogen-bond donors (Lipinski definition) is 0. The van der Waals surface area contributed by atoms with Crippen LogP contribution in [0.4, 0.5) is 28.4 Å². The van der Waals surface area contributed by atoms with Gasteiger partial charge in [-0.05, 0) is 111 Å². The third-order valence-electron chi connectivity index (χ3n) is 9.51. The fraction of sp³-hybridized carbons (Fsp3) is 0.146. The van der Waals surface area contributed by atoms with Crippen molar-refractivity contribution in [2.24, 2.45) is 30.7 Å². The topological polar surface area (TPSA) is 249 Å². The monoisotopic (exact) mass is 905 g/mol. The Morgan fingerprint density at radius 2 is 1.11 bits per heavy atom. The van der Waals surface area contributed by atoms with Gasteiger partial charge in [-0.3, -0.25) is 14.4 Å². The molecule has 2 unspecified atom stereocenters. The number of anilines is 3. The van der Waals surface area contributed by atoms with Crippen LogP contribution in [0.25, 0.3) is 0 Å². The van der Waals surface area contributed by atoms with Gasteiger partial charge in [-0.15, -0.1) is 0 Å². The number of azo groups is 2. The quantitative estimate of drug-likeness (QED) is 0.0954. The first-order valence-corrected chi connectivity index (χ1v) is 21.1. The van der Waals surface area contributed by atoms with Crippen molar-refractivity contribution in [3.05, 3.63) is 138 Å². The number of carbonyl (C=O) groups is 3. The SMILES string of the molecule is CC1=NN(c2ccc(S(=O)(=O)[O-])cc2)C(=O)C1N=Nc1cccc(C(=O)N(Cc2ccccc2)c2cc(N=NC3C(=O)N(c4ccc(S(=O)(=O)[O-])cc4)N=C3C)ccc2C)c1.[Na+].[Na+]. The van der Waals surface area contributed by atoms with Gasteiger partial charge in [0.05, 0.1) is 50.5 Å². The summed E-state index contributed by atoms with van der Waals surface area (Å²) in [5, 5.41) is 27.7. The molecular weight excluding hydrogens is 873 g/mol. The third-order valence-corrected chi connectivity index (χ3v) is 11.2. The van der Waals surface area contributed by atoms with Gasteiger partial charge in [-0.2, -0.15) is 40.7 Å². The zero-order valence-electron chi connectivity index (χ0n) is 34.4. The summed E-state index contributed by atoms with van der Waals surface area (Å²) in [5.41, 5.74) is 4.00. The summed E-state index contributed by atoms with van der Waals surface area (Å²) >= 11 is 0. The molecule has 0 spiro atoms. The van der Waals surface area contributed by atoms with Crippen molar-refractivity contribution in [1.29, 1.82) is 0 Å². The Kier molecular flexibility index (Phi) is 15.6. The number of hydrazone groups is 2. The Balaban J connectivity index is 0.00000374. The second kappa shape index (κ2) is 20.1. The molecule has 2 aliphatic rings. The molecule has 0 radical (unpaired) electrons. The third kappa shape index (κ3) is 11.2. The molecule has 22 heteroatoms. The molecule has 0 saturated carbocycles. The standard InChI is InChI=1S/C41H35N9O9S2.2Na/c1-25-12-13-31(43-45-38-27(3)47-50(41(38)53)33-16-20-35(21-17-33)61(57,58)59)23-36(25)48(24-28-8-5-4-6-9-28)39(51)29-10-7-11-30(22-29)42-44-37-26(2)46-49(40(37)52)32-14-18-34(19-15-32)60(54,55)56;;/h4-23,37-38H,24H2,1-3H3,(H,54,55,56)(H,57,58,59);;/q;2*+1/p-2. The zero-order chi connectivity index (χ0) is 43.6. The van der Waals surface area contributed by atoms with Gasteiger partial charge in [-0.25, -0.2) is 16.8 Å². The first-order valence-electron chi connectivity index (χ1n) is 18.3. The van der Waals surface area contributed by atoms with Gasteiger partial charge < -0.3 is 14.0 Å². The van der Waals surface area contributed by atoms with Crippen LogP contribution in [-0.4, -0.2) is 67.2 Å². The van der Waals surface area contributed by atoms with Crippen molar-refractivity contribution in [3.8, 4) is 0 Å². The maximum Gasteiger partial charge on any atom is 1.00 e. The molecule has 63 heavy (non-hydrogen) atoms. The van der Waals surface area contributed by atoms with E-state index in [-0.39, 0.29) is 88.3 Å². The van der Waals surface area contributed by atoms with E-state index in [0.29, 0.717) is 22.8 Å². The molecule has 2 aliphatic heterocycles. The summed E-state index contributed by atoms with van der Waals surface area (Å²) in [5.74, 6) is -1.51. The minimum absolute atomic E-state index is 0. The van der Waals surface area contributed by atoms with E-state index in [1.807, 2.05) is 37.3 Å².